The Morgan fingerprint density at radius 3 is 2.81 bits per heavy atom. The molecule has 2 unspecified atom stereocenters. The van der Waals surface area contributed by atoms with Gasteiger partial charge < -0.3 is 5.73 Å². The summed E-state index contributed by atoms with van der Waals surface area (Å²) in [6.07, 6.45) is 1.22. The topological polar surface area (TPSA) is 42.1 Å². The van der Waals surface area contributed by atoms with E-state index in [9.17, 15) is 0 Å². The highest BCUT2D eigenvalue weighted by Crippen LogP contribution is 2.25. The van der Waals surface area contributed by atoms with E-state index >= 15 is 0 Å². The van der Waals surface area contributed by atoms with E-state index in [2.05, 4.69) is 41.5 Å². The average Bonchev–Trinajstić information content (AvgIpc) is 3.10. The molecule has 1 saturated heterocycles. The van der Waals surface area contributed by atoms with Crippen LogP contribution in [-0.2, 0) is 6.54 Å². The molecule has 2 aromatic rings. The predicted octanol–water partition coefficient (Wildman–Crippen LogP) is 3.40. The summed E-state index contributed by atoms with van der Waals surface area (Å²) in [6, 6.07) is 10.7. The number of likely N-dealkylation sites (tertiary alicyclic amines) is 1. The van der Waals surface area contributed by atoms with Crippen LogP contribution in [0.15, 0.2) is 35.7 Å². The second kappa shape index (κ2) is 7.36. The van der Waals surface area contributed by atoms with Gasteiger partial charge in [-0.05, 0) is 25.8 Å². The Morgan fingerprint density at radius 2 is 2.14 bits per heavy atom. The number of nitrogens with zero attached hydrogens (tertiary/aromatic N) is 2. The molecular formula is C16H22ClN3S. The van der Waals surface area contributed by atoms with Crippen LogP contribution in [0.4, 0.5) is 0 Å². The first kappa shape index (κ1) is 16.4. The predicted molar refractivity (Wildman–Crippen MR) is 91.8 cm³/mol. The van der Waals surface area contributed by atoms with Gasteiger partial charge in [-0.15, -0.1) is 23.7 Å². The fourth-order valence-electron chi connectivity index (χ4n) is 2.76. The lowest BCUT2D eigenvalue weighted by atomic mass is 10.0. The second-order valence-corrected chi connectivity index (χ2v) is 6.51. The van der Waals surface area contributed by atoms with Crippen molar-refractivity contribution in [2.24, 2.45) is 11.7 Å². The third kappa shape index (κ3) is 4.04. The minimum Gasteiger partial charge on any atom is -0.328 e. The Labute approximate surface area is 136 Å². The summed E-state index contributed by atoms with van der Waals surface area (Å²) in [4.78, 5) is 7.23. The number of nitrogens with two attached hydrogens (primary N) is 1. The molecule has 0 radical (unpaired) electrons. The first-order chi connectivity index (χ1) is 9.72. The van der Waals surface area contributed by atoms with Crippen LogP contribution >= 0.6 is 23.7 Å². The van der Waals surface area contributed by atoms with Crippen molar-refractivity contribution < 1.29 is 0 Å². The molecule has 2 N–H and O–H groups in total. The van der Waals surface area contributed by atoms with E-state index in [0.717, 1.165) is 24.6 Å². The standard InChI is InChI=1S/C16H21N3S.ClH/c1-12(17)14-7-8-19(9-14)10-15-11-20-16(18-15)13-5-3-2-4-6-13;/h2-6,11-12,14H,7-10,17H2,1H3;1H. The molecule has 1 aromatic heterocycles. The van der Waals surface area contributed by atoms with E-state index in [1.54, 1.807) is 11.3 Å². The Bertz CT molecular complexity index is 556. The van der Waals surface area contributed by atoms with E-state index in [-0.39, 0.29) is 12.4 Å². The van der Waals surface area contributed by atoms with Gasteiger partial charge in [0.1, 0.15) is 5.01 Å². The summed E-state index contributed by atoms with van der Waals surface area (Å²) < 4.78 is 0. The first-order valence-corrected chi connectivity index (χ1v) is 8.08. The smallest absolute Gasteiger partial charge is 0.123 e. The van der Waals surface area contributed by atoms with Crippen molar-refractivity contribution >= 4 is 23.7 Å². The van der Waals surface area contributed by atoms with Crippen molar-refractivity contribution in [1.82, 2.24) is 9.88 Å². The van der Waals surface area contributed by atoms with Crippen LogP contribution in [0.3, 0.4) is 0 Å². The molecule has 3 nitrogen and oxygen atoms in total. The van der Waals surface area contributed by atoms with Crippen molar-refractivity contribution in [2.75, 3.05) is 13.1 Å². The van der Waals surface area contributed by atoms with Crippen LogP contribution < -0.4 is 5.73 Å². The number of hydrogen-bond donors (Lipinski definition) is 1. The minimum absolute atomic E-state index is 0. The van der Waals surface area contributed by atoms with Gasteiger partial charge in [-0.1, -0.05) is 30.3 Å². The second-order valence-electron chi connectivity index (χ2n) is 5.65. The van der Waals surface area contributed by atoms with E-state index < -0.39 is 0 Å². The molecule has 2 heterocycles. The Hall–Kier alpha value is -0.940. The Morgan fingerprint density at radius 1 is 1.38 bits per heavy atom. The largest absolute Gasteiger partial charge is 0.328 e. The van der Waals surface area contributed by atoms with Crippen LogP contribution in [-0.4, -0.2) is 29.0 Å². The lowest BCUT2D eigenvalue weighted by Gasteiger charge is -2.16. The van der Waals surface area contributed by atoms with Crippen molar-refractivity contribution in [2.45, 2.75) is 25.9 Å². The summed E-state index contributed by atoms with van der Waals surface area (Å²) in [5.41, 5.74) is 8.38. The quantitative estimate of drug-likeness (QED) is 0.937. The fraction of sp³-hybridized carbons (Fsp3) is 0.438. The van der Waals surface area contributed by atoms with E-state index in [1.165, 1.54) is 17.7 Å². The van der Waals surface area contributed by atoms with Crippen LogP contribution in [0.5, 0.6) is 0 Å². The first-order valence-electron chi connectivity index (χ1n) is 7.20. The Kier molecular flexibility index (Phi) is 5.76. The highest BCUT2D eigenvalue weighted by atomic mass is 35.5. The molecule has 5 heteroatoms. The van der Waals surface area contributed by atoms with E-state index in [0.29, 0.717) is 12.0 Å². The lowest BCUT2D eigenvalue weighted by Crippen LogP contribution is -2.29. The molecule has 0 amide bonds. The van der Waals surface area contributed by atoms with Crippen molar-refractivity contribution in [3.8, 4) is 10.6 Å². The maximum Gasteiger partial charge on any atom is 0.123 e. The zero-order valence-electron chi connectivity index (χ0n) is 12.2. The van der Waals surface area contributed by atoms with Crippen molar-refractivity contribution in [1.29, 1.82) is 0 Å². The van der Waals surface area contributed by atoms with Crippen molar-refractivity contribution in [3.05, 3.63) is 41.4 Å². The summed E-state index contributed by atoms with van der Waals surface area (Å²) in [7, 11) is 0. The maximum absolute atomic E-state index is 5.99. The normalized spacial score (nSPS) is 20.2. The summed E-state index contributed by atoms with van der Waals surface area (Å²) in [5.74, 6) is 0.641. The lowest BCUT2D eigenvalue weighted by molar-refractivity contribution is 0.305. The van der Waals surface area contributed by atoms with Gasteiger partial charge in [-0.3, -0.25) is 4.90 Å². The molecule has 3 rings (SSSR count). The summed E-state index contributed by atoms with van der Waals surface area (Å²) >= 11 is 1.73. The molecule has 1 aliphatic rings. The van der Waals surface area contributed by atoms with Crippen molar-refractivity contribution in [3.63, 3.8) is 0 Å². The third-order valence-electron chi connectivity index (χ3n) is 4.01. The highest BCUT2D eigenvalue weighted by molar-refractivity contribution is 7.13. The number of halogens is 1. The summed E-state index contributed by atoms with van der Waals surface area (Å²) in [6.45, 7) is 5.32. The van der Waals surface area contributed by atoms with Crippen LogP contribution in [0.25, 0.3) is 10.6 Å². The van der Waals surface area contributed by atoms with Gasteiger partial charge in [0.15, 0.2) is 0 Å². The highest BCUT2D eigenvalue weighted by Gasteiger charge is 2.25. The maximum atomic E-state index is 5.99. The number of benzene rings is 1. The van der Waals surface area contributed by atoms with Gasteiger partial charge >= 0.3 is 0 Å². The molecular weight excluding hydrogens is 302 g/mol. The number of rotatable bonds is 4. The Balaban J connectivity index is 0.00000161. The van der Waals surface area contributed by atoms with Crippen LogP contribution in [0.2, 0.25) is 0 Å². The monoisotopic (exact) mass is 323 g/mol. The molecule has 2 atom stereocenters. The molecule has 1 fully saturated rings. The van der Waals surface area contributed by atoms with E-state index in [4.69, 9.17) is 10.7 Å². The zero-order valence-corrected chi connectivity index (χ0v) is 13.9. The minimum atomic E-state index is 0. The number of hydrogen-bond acceptors (Lipinski definition) is 4. The summed E-state index contributed by atoms with van der Waals surface area (Å²) in [5, 5.41) is 3.30. The SMILES string of the molecule is CC(N)C1CCN(Cc2csc(-c3ccccc3)n2)C1.Cl. The molecule has 21 heavy (non-hydrogen) atoms. The fourth-order valence-corrected chi connectivity index (χ4v) is 3.57. The van der Waals surface area contributed by atoms with Gasteiger partial charge in [-0.2, -0.15) is 0 Å². The molecule has 0 bridgehead atoms. The third-order valence-corrected chi connectivity index (χ3v) is 4.95. The zero-order chi connectivity index (χ0) is 13.9. The number of aromatic nitrogens is 1. The van der Waals surface area contributed by atoms with Crippen LogP contribution in [0.1, 0.15) is 19.0 Å². The van der Waals surface area contributed by atoms with Gasteiger partial charge in [0.25, 0.3) is 0 Å². The molecule has 0 aliphatic carbocycles. The molecule has 1 aromatic carbocycles. The van der Waals surface area contributed by atoms with Gasteiger partial charge in [0.05, 0.1) is 5.69 Å². The van der Waals surface area contributed by atoms with Crippen LogP contribution in [0, 0.1) is 5.92 Å². The number of thiazole rings is 1. The van der Waals surface area contributed by atoms with Gasteiger partial charge in [0, 0.05) is 30.1 Å². The van der Waals surface area contributed by atoms with Gasteiger partial charge in [-0.25, -0.2) is 4.98 Å². The molecule has 0 spiro atoms. The van der Waals surface area contributed by atoms with E-state index in [1.807, 2.05) is 6.07 Å². The molecule has 114 valence electrons. The van der Waals surface area contributed by atoms with Gasteiger partial charge in [0.2, 0.25) is 0 Å². The molecule has 1 aliphatic heterocycles. The molecule has 0 saturated carbocycles. The average molecular weight is 324 g/mol.